The number of rotatable bonds is 26. The minimum absolute atomic E-state index is 0.819. The standard InChI is InChI=1S/2C13H28P.2ClH.Ni/c2*1-2-3-4-5-6-7-8-9-10-11-12-13-14;;;/h2*14H,2-13H2,1H3;2*1H;/q2*-1;;;+4/p-2. The molecule has 5 heteroatoms. The molecule has 0 radical (unpaired) electrons. The Hall–Kier alpha value is 1.93. The van der Waals surface area contributed by atoms with Crippen molar-refractivity contribution in [2.75, 3.05) is 12.3 Å². The van der Waals surface area contributed by atoms with E-state index < -0.39 is 9.74 Å². The molecule has 0 amide bonds. The van der Waals surface area contributed by atoms with Crippen LogP contribution in [0, 0.1) is 0 Å². The molecule has 0 heterocycles. The molecule has 2 atom stereocenters. The predicted molar refractivity (Wildman–Crippen MR) is 151 cm³/mol. The maximum absolute atomic E-state index is 6.69. The Labute approximate surface area is 211 Å². The summed E-state index contributed by atoms with van der Waals surface area (Å²) in [5.74, 6) is 0. The molecule has 0 saturated carbocycles. The van der Waals surface area contributed by atoms with E-state index >= 15 is 0 Å². The molecule has 31 heavy (non-hydrogen) atoms. The van der Waals surface area contributed by atoms with Gasteiger partial charge in [0.2, 0.25) is 0 Å². The smallest absolute Gasteiger partial charge is 0.0654 e. The van der Waals surface area contributed by atoms with E-state index in [-0.39, 0.29) is 0 Å². The number of unbranched alkanes of at least 4 members (excludes halogenated alkanes) is 20. The number of hydrogen-bond acceptors (Lipinski definition) is 0. The fourth-order valence-electron chi connectivity index (χ4n) is 3.93. The molecular weight excluding hydrogens is 504 g/mol. The molecule has 0 aromatic heterocycles. The first-order valence-corrected chi connectivity index (χ1v) is 21.4. The van der Waals surface area contributed by atoms with Crippen LogP contribution >= 0.6 is 35.1 Å². The summed E-state index contributed by atoms with van der Waals surface area (Å²) >= 11 is 0. The van der Waals surface area contributed by atoms with Gasteiger partial charge in [0.1, 0.15) is 0 Å². The van der Waals surface area contributed by atoms with Gasteiger partial charge in [0, 0.05) is 0 Å². The summed E-state index contributed by atoms with van der Waals surface area (Å²) in [6.45, 7) is 4.58. The third-order valence-corrected chi connectivity index (χ3v) is 18.6. The van der Waals surface area contributed by atoms with Crippen molar-refractivity contribution >= 4 is 35.1 Å². The van der Waals surface area contributed by atoms with Crippen molar-refractivity contribution in [3.63, 3.8) is 0 Å². The summed E-state index contributed by atoms with van der Waals surface area (Å²) in [6.07, 6.45) is 33.7. The van der Waals surface area contributed by atoms with Gasteiger partial charge in [0.25, 0.3) is 0 Å². The summed E-state index contributed by atoms with van der Waals surface area (Å²) in [7, 11) is 13.6. The Morgan fingerprint density at radius 1 is 0.387 bits per heavy atom. The second kappa shape index (κ2) is 26.5. The maximum atomic E-state index is 6.69. The Kier molecular flexibility index (Phi) is 28.2. The van der Waals surface area contributed by atoms with E-state index in [0.717, 1.165) is 14.7 Å². The molecule has 0 aromatic rings. The molecule has 0 saturated heterocycles. The predicted octanol–water partition coefficient (Wildman–Crippen LogP) is 12.3. The van der Waals surface area contributed by atoms with E-state index in [9.17, 15) is 0 Å². The molecule has 0 rings (SSSR count). The van der Waals surface area contributed by atoms with Gasteiger partial charge >= 0.3 is 186 Å². The average molecular weight is 560 g/mol. The van der Waals surface area contributed by atoms with Gasteiger partial charge in [-0.05, 0) is 0 Å². The summed E-state index contributed by atoms with van der Waals surface area (Å²) in [6, 6.07) is 0. The Balaban J connectivity index is 3.29. The minimum atomic E-state index is -1.42. The van der Waals surface area contributed by atoms with Crippen LogP contribution in [0.25, 0.3) is 0 Å². The van der Waals surface area contributed by atoms with Crippen LogP contribution in [0.3, 0.4) is 0 Å². The van der Waals surface area contributed by atoms with E-state index in [4.69, 9.17) is 20.4 Å². The molecule has 194 valence electrons. The zero-order chi connectivity index (χ0) is 22.9. The van der Waals surface area contributed by atoms with Crippen molar-refractivity contribution in [3.8, 4) is 0 Å². The van der Waals surface area contributed by atoms with E-state index in [0.29, 0.717) is 0 Å². The molecule has 0 bridgehead atoms. The summed E-state index contributed by atoms with van der Waals surface area (Å²) in [5, 5.41) is 0. The van der Waals surface area contributed by atoms with Gasteiger partial charge in [-0.15, -0.1) is 0 Å². The van der Waals surface area contributed by atoms with E-state index in [1.54, 1.807) is 0 Å². The fraction of sp³-hybridized carbons (Fsp3) is 1.00. The second-order valence-corrected chi connectivity index (χ2v) is 25.8. The molecule has 0 aliphatic rings. The fourth-order valence-corrected chi connectivity index (χ4v) is 14.3. The average Bonchev–Trinajstić information content (AvgIpc) is 2.75. The first-order chi connectivity index (χ1) is 15.1. The van der Waals surface area contributed by atoms with Gasteiger partial charge in [-0.1, -0.05) is 26.7 Å². The first-order valence-electron chi connectivity index (χ1n) is 13.7. The third-order valence-electron chi connectivity index (χ3n) is 6.00. The molecule has 0 N–H and O–H groups in total. The summed E-state index contributed by atoms with van der Waals surface area (Å²) in [5.41, 5.74) is 0. The quantitative estimate of drug-likeness (QED) is 0.0561. The SMILES string of the molecule is CCCCCCCCCCCCC[PH][Ni]([Cl])([Cl])[PH]CCCCCCCCCCCCC. The van der Waals surface area contributed by atoms with Crippen molar-refractivity contribution in [1.82, 2.24) is 0 Å². The monoisotopic (exact) mass is 558 g/mol. The first kappa shape index (κ1) is 32.9. The van der Waals surface area contributed by atoms with E-state index in [1.807, 2.05) is 0 Å². The topological polar surface area (TPSA) is 0 Å². The third kappa shape index (κ3) is 28.1. The second-order valence-electron chi connectivity index (χ2n) is 9.16. The van der Waals surface area contributed by atoms with E-state index in [1.165, 1.54) is 154 Å². The van der Waals surface area contributed by atoms with Crippen molar-refractivity contribution in [2.45, 2.75) is 155 Å². The van der Waals surface area contributed by atoms with Crippen LogP contribution in [-0.4, -0.2) is 12.3 Å². The molecule has 0 aromatic carbocycles. The van der Waals surface area contributed by atoms with Gasteiger partial charge in [-0.3, -0.25) is 0 Å². The molecule has 0 spiro atoms. The minimum Gasteiger partial charge on any atom is -0.0654 e. The molecular formula is C26H56Cl2NiP2. The van der Waals surface area contributed by atoms with E-state index in [2.05, 4.69) is 13.8 Å². The van der Waals surface area contributed by atoms with Crippen molar-refractivity contribution in [2.24, 2.45) is 0 Å². The number of halogens is 2. The van der Waals surface area contributed by atoms with Gasteiger partial charge in [-0.25, -0.2) is 0 Å². The van der Waals surface area contributed by atoms with Gasteiger partial charge in [-0.2, -0.15) is 0 Å². The normalized spacial score (nSPS) is 13.3. The van der Waals surface area contributed by atoms with Gasteiger partial charge in [0.15, 0.2) is 0 Å². The van der Waals surface area contributed by atoms with Crippen molar-refractivity contribution in [1.29, 1.82) is 0 Å². The van der Waals surface area contributed by atoms with Crippen LogP contribution < -0.4 is 0 Å². The van der Waals surface area contributed by atoms with Crippen LogP contribution in [0.2, 0.25) is 0 Å². The Morgan fingerprint density at radius 2 is 0.613 bits per heavy atom. The molecule has 0 nitrogen and oxygen atoms in total. The summed E-state index contributed by atoms with van der Waals surface area (Å²) in [4.78, 5) is 0. The van der Waals surface area contributed by atoms with Crippen LogP contribution in [0.4, 0.5) is 0 Å². The van der Waals surface area contributed by atoms with Crippen molar-refractivity contribution < 1.29 is 9.74 Å². The zero-order valence-electron chi connectivity index (χ0n) is 21.0. The molecule has 2 unspecified atom stereocenters. The van der Waals surface area contributed by atoms with Gasteiger partial charge < -0.3 is 0 Å². The zero-order valence-corrected chi connectivity index (χ0v) is 25.5. The number of hydrogen-bond donors (Lipinski definition) is 0. The van der Waals surface area contributed by atoms with Crippen LogP contribution in [0.15, 0.2) is 0 Å². The Bertz CT molecular complexity index is 313. The molecule has 0 aliphatic carbocycles. The molecule has 0 fully saturated rings. The molecule has 0 aliphatic heterocycles. The summed E-state index contributed by atoms with van der Waals surface area (Å²) < 4.78 is 0. The van der Waals surface area contributed by atoms with Gasteiger partial charge in [0.05, 0.1) is 0 Å². The Morgan fingerprint density at radius 3 is 0.871 bits per heavy atom. The van der Waals surface area contributed by atoms with Crippen molar-refractivity contribution in [3.05, 3.63) is 0 Å². The van der Waals surface area contributed by atoms with Crippen LogP contribution in [0.5, 0.6) is 0 Å². The van der Waals surface area contributed by atoms with Crippen LogP contribution in [-0.2, 0) is 9.74 Å². The van der Waals surface area contributed by atoms with Crippen LogP contribution in [0.1, 0.15) is 155 Å².